The fraction of sp³-hybridized carbons (Fsp3) is 0.400. The quantitative estimate of drug-likeness (QED) is 0.464. The van der Waals surface area contributed by atoms with Crippen molar-refractivity contribution in [3.63, 3.8) is 0 Å². The first-order valence-electron chi connectivity index (χ1n) is 2.26. The van der Waals surface area contributed by atoms with E-state index in [0.29, 0.717) is 6.42 Å². The Hall–Kier alpha value is -0.630. The summed E-state index contributed by atoms with van der Waals surface area (Å²) in [5.41, 5.74) is 0. The van der Waals surface area contributed by atoms with Crippen molar-refractivity contribution in [1.29, 1.82) is 0 Å². The molecule has 38 valence electrons. The summed E-state index contributed by atoms with van der Waals surface area (Å²) < 4.78 is 0. The summed E-state index contributed by atoms with van der Waals surface area (Å²) in [7, 11) is 0. The molecule has 0 radical (unpaired) electrons. The van der Waals surface area contributed by atoms with Crippen LogP contribution in [0.25, 0.3) is 0 Å². The molecule has 0 amide bonds. The van der Waals surface area contributed by atoms with Gasteiger partial charge in [-0.2, -0.15) is 0 Å². The summed E-state index contributed by atoms with van der Waals surface area (Å²) in [5.74, 6) is 0. The lowest BCUT2D eigenvalue weighted by Crippen LogP contribution is -2.07. The number of hydrogen-bond donors (Lipinski definition) is 1. The van der Waals surface area contributed by atoms with Crippen LogP contribution in [0, 0.1) is 0 Å². The van der Waals surface area contributed by atoms with Crippen LogP contribution in [-0.4, -0.2) is 17.4 Å². The summed E-state index contributed by atoms with van der Waals surface area (Å²) >= 11 is 0. The van der Waals surface area contributed by atoms with Gasteiger partial charge in [-0.3, -0.25) is 4.99 Å². The van der Waals surface area contributed by atoms with Gasteiger partial charge in [0.15, 0.2) is 0 Å². The molecule has 1 rings (SSSR count). The van der Waals surface area contributed by atoms with Crippen LogP contribution in [0.3, 0.4) is 0 Å². The molecule has 0 aliphatic carbocycles. The lowest BCUT2D eigenvalue weighted by atomic mass is 10.2. The van der Waals surface area contributed by atoms with Crippen LogP contribution in [0.2, 0.25) is 0 Å². The van der Waals surface area contributed by atoms with E-state index in [0.717, 1.165) is 0 Å². The first-order chi connectivity index (χ1) is 3.39. The largest absolute Gasteiger partial charge is 0.387 e. The standard InChI is InChI=1S/C5H7NO/c7-5-2-1-3-6-4-5/h1,3-5,7H,2H2. The molecular weight excluding hydrogens is 90.1 g/mol. The van der Waals surface area contributed by atoms with Gasteiger partial charge in [-0.25, -0.2) is 0 Å². The van der Waals surface area contributed by atoms with Crippen LogP contribution in [0.5, 0.6) is 0 Å². The Morgan fingerprint density at radius 2 is 2.57 bits per heavy atom. The number of hydrogen-bond acceptors (Lipinski definition) is 2. The summed E-state index contributed by atoms with van der Waals surface area (Å²) in [6.45, 7) is 0. The highest BCUT2D eigenvalue weighted by molar-refractivity contribution is 5.64. The van der Waals surface area contributed by atoms with E-state index in [1.807, 2.05) is 6.08 Å². The second-order valence-electron chi connectivity index (χ2n) is 1.49. The lowest BCUT2D eigenvalue weighted by Gasteiger charge is -2.00. The van der Waals surface area contributed by atoms with Crippen molar-refractivity contribution in [3.8, 4) is 0 Å². The molecule has 0 saturated heterocycles. The third-order valence-electron chi connectivity index (χ3n) is 0.827. The van der Waals surface area contributed by atoms with Crippen LogP contribution in [-0.2, 0) is 0 Å². The van der Waals surface area contributed by atoms with E-state index in [1.165, 1.54) is 6.21 Å². The minimum atomic E-state index is -0.343. The Bertz CT molecular complexity index is 107. The van der Waals surface area contributed by atoms with Crippen molar-refractivity contribution in [2.75, 3.05) is 0 Å². The molecule has 0 aromatic carbocycles. The molecule has 0 bridgehead atoms. The lowest BCUT2D eigenvalue weighted by molar-refractivity contribution is 0.248. The van der Waals surface area contributed by atoms with E-state index in [1.54, 1.807) is 6.20 Å². The van der Waals surface area contributed by atoms with Crippen LogP contribution >= 0.6 is 0 Å². The molecule has 7 heavy (non-hydrogen) atoms. The molecule has 1 N–H and O–H groups in total. The third-order valence-corrected chi connectivity index (χ3v) is 0.827. The van der Waals surface area contributed by atoms with Crippen molar-refractivity contribution < 1.29 is 5.11 Å². The van der Waals surface area contributed by atoms with Crippen LogP contribution in [0.4, 0.5) is 0 Å². The molecule has 1 unspecified atom stereocenters. The number of aliphatic imine (C=N–C) groups is 1. The topological polar surface area (TPSA) is 32.6 Å². The SMILES string of the molecule is OC1C=NC=CC1. The third kappa shape index (κ3) is 1.12. The number of aliphatic hydroxyl groups is 1. The monoisotopic (exact) mass is 97.1 g/mol. The van der Waals surface area contributed by atoms with Gasteiger partial charge in [-0.05, 0) is 6.42 Å². The summed E-state index contributed by atoms with van der Waals surface area (Å²) in [6.07, 6.45) is 5.42. The van der Waals surface area contributed by atoms with Gasteiger partial charge in [0, 0.05) is 12.4 Å². The maximum Gasteiger partial charge on any atom is 0.0926 e. The molecule has 0 fully saturated rings. The summed E-state index contributed by atoms with van der Waals surface area (Å²) in [4.78, 5) is 3.70. The smallest absolute Gasteiger partial charge is 0.0926 e. The first-order valence-corrected chi connectivity index (χ1v) is 2.26. The predicted molar refractivity (Wildman–Crippen MR) is 28.3 cm³/mol. The molecule has 1 aliphatic rings. The van der Waals surface area contributed by atoms with Gasteiger partial charge in [0.2, 0.25) is 0 Å². The number of rotatable bonds is 0. The summed E-state index contributed by atoms with van der Waals surface area (Å²) in [6, 6.07) is 0. The molecule has 2 heteroatoms. The maximum atomic E-state index is 8.71. The number of aliphatic hydroxyl groups excluding tert-OH is 1. The van der Waals surface area contributed by atoms with Gasteiger partial charge in [0.25, 0.3) is 0 Å². The molecule has 0 aromatic heterocycles. The van der Waals surface area contributed by atoms with Gasteiger partial charge in [0.05, 0.1) is 6.10 Å². The van der Waals surface area contributed by atoms with E-state index >= 15 is 0 Å². The highest BCUT2D eigenvalue weighted by atomic mass is 16.3. The fourth-order valence-corrected chi connectivity index (χ4v) is 0.471. The molecule has 1 aliphatic heterocycles. The molecule has 0 aromatic rings. The Morgan fingerprint density at radius 1 is 1.71 bits per heavy atom. The minimum Gasteiger partial charge on any atom is -0.387 e. The van der Waals surface area contributed by atoms with E-state index in [9.17, 15) is 0 Å². The highest BCUT2D eigenvalue weighted by Gasteiger charge is 1.96. The van der Waals surface area contributed by atoms with Crippen LogP contribution in [0.15, 0.2) is 17.3 Å². The zero-order valence-electron chi connectivity index (χ0n) is 3.91. The normalized spacial score (nSPS) is 28.4. The number of nitrogens with zero attached hydrogens (tertiary/aromatic N) is 1. The van der Waals surface area contributed by atoms with E-state index in [2.05, 4.69) is 4.99 Å². The van der Waals surface area contributed by atoms with Gasteiger partial charge in [-0.15, -0.1) is 0 Å². The van der Waals surface area contributed by atoms with Crippen molar-refractivity contribution in [1.82, 2.24) is 0 Å². The van der Waals surface area contributed by atoms with Gasteiger partial charge >= 0.3 is 0 Å². The van der Waals surface area contributed by atoms with E-state index < -0.39 is 0 Å². The van der Waals surface area contributed by atoms with Gasteiger partial charge in [0.1, 0.15) is 0 Å². The zero-order chi connectivity index (χ0) is 5.11. The molecule has 2 nitrogen and oxygen atoms in total. The van der Waals surface area contributed by atoms with Crippen LogP contribution < -0.4 is 0 Å². The molecule has 0 spiro atoms. The van der Waals surface area contributed by atoms with Gasteiger partial charge in [-0.1, -0.05) is 6.08 Å². The van der Waals surface area contributed by atoms with Crippen molar-refractivity contribution in [2.45, 2.75) is 12.5 Å². The van der Waals surface area contributed by atoms with E-state index in [4.69, 9.17) is 5.11 Å². The predicted octanol–water partition coefficient (Wildman–Crippen LogP) is 0.336. The van der Waals surface area contributed by atoms with Crippen molar-refractivity contribution in [2.24, 2.45) is 4.99 Å². The zero-order valence-corrected chi connectivity index (χ0v) is 3.91. The Labute approximate surface area is 42.2 Å². The van der Waals surface area contributed by atoms with Crippen molar-refractivity contribution >= 4 is 6.21 Å². The highest BCUT2D eigenvalue weighted by Crippen LogP contribution is 1.95. The average Bonchev–Trinajstić information content (AvgIpc) is 1.69. The second-order valence-corrected chi connectivity index (χ2v) is 1.49. The molecule has 1 heterocycles. The van der Waals surface area contributed by atoms with Crippen molar-refractivity contribution in [3.05, 3.63) is 12.3 Å². The minimum absolute atomic E-state index is 0.343. The van der Waals surface area contributed by atoms with E-state index in [-0.39, 0.29) is 6.10 Å². The second kappa shape index (κ2) is 1.89. The average molecular weight is 97.1 g/mol. The molecule has 1 atom stereocenters. The summed E-state index contributed by atoms with van der Waals surface area (Å²) in [5, 5.41) is 8.71. The fourth-order valence-electron chi connectivity index (χ4n) is 0.471. The Morgan fingerprint density at radius 3 is 2.86 bits per heavy atom. The Balaban J connectivity index is 2.49. The first kappa shape index (κ1) is 4.53. The Kier molecular flexibility index (Phi) is 1.22. The molecular formula is C5H7NO. The van der Waals surface area contributed by atoms with Crippen LogP contribution in [0.1, 0.15) is 6.42 Å². The van der Waals surface area contributed by atoms with Gasteiger partial charge < -0.3 is 5.11 Å². The molecule has 0 saturated carbocycles. The maximum absolute atomic E-state index is 8.71.